The third-order valence-corrected chi connectivity index (χ3v) is 5.49. The lowest BCUT2D eigenvalue weighted by atomic mass is 10.1. The first-order valence-electron chi connectivity index (χ1n) is 9.21. The van der Waals surface area contributed by atoms with Gasteiger partial charge in [0, 0.05) is 38.3 Å². The minimum Gasteiger partial charge on any atom is -0.329 e. The van der Waals surface area contributed by atoms with Crippen LogP contribution in [0.15, 0.2) is 30.3 Å². The molecule has 2 unspecified atom stereocenters. The molecule has 0 saturated carbocycles. The van der Waals surface area contributed by atoms with E-state index in [2.05, 4.69) is 59.3 Å². The monoisotopic (exact) mass is 344 g/mol. The molecule has 1 aromatic carbocycles. The summed E-state index contributed by atoms with van der Waals surface area (Å²) in [6.07, 6.45) is 1.13. The Morgan fingerprint density at radius 1 is 1.28 bits per heavy atom. The molecule has 1 aromatic rings. The Hall–Kier alpha value is -1.92. The lowest BCUT2D eigenvalue weighted by molar-refractivity contribution is -0.125. The van der Waals surface area contributed by atoms with Gasteiger partial charge in [-0.1, -0.05) is 37.3 Å². The average molecular weight is 344 g/mol. The van der Waals surface area contributed by atoms with Crippen LogP contribution in [0, 0.1) is 0 Å². The minimum absolute atomic E-state index is 0.119. The Morgan fingerprint density at radius 2 is 2.04 bits per heavy atom. The maximum atomic E-state index is 11.7. The maximum Gasteiger partial charge on any atom is 0.324 e. The molecule has 2 fully saturated rings. The zero-order chi connectivity index (χ0) is 17.8. The number of nitrogens with one attached hydrogen (secondary N) is 1. The fourth-order valence-electron chi connectivity index (χ4n) is 3.87. The summed E-state index contributed by atoms with van der Waals surface area (Å²) < 4.78 is 0. The summed E-state index contributed by atoms with van der Waals surface area (Å²) >= 11 is 0. The number of amides is 3. The van der Waals surface area contributed by atoms with Crippen molar-refractivity contribution < 1.29 is 9.59 Å². The van der Waals surface area contributed by atoms with Crippen molar-refractivity contribution in [3.63, 3.8) is 0 Å². The topological polar surface area (TPSA) is 55.9 Å². The van der Waals surface area contributed by atoms with Gasteiger partial charge in [-0.15, -0.1) is 0 Å². The number of carbonyl (C=O) groups is 2. The van der Waals surface area contributed by atoms with E-state index in [1.807, 2.05) is 0 Å². The van der Waals surface area contributed by atoms with Crippen LogP contribution in [0.3, 0.4) is 0 Å². The van der Waals surface area contributed by atoms with Crippen LogP contribution in [0.25, 0.3) is 0 Å². The molecule has 2 heterocycles. The van der Waals surface area contributed by atoms with Gasteiger partial charge in [0.05, 0.1) is 6.54 Å². The van der Waals surface area contributed by atoms with Crippen molar-refractivity contribution in [1.29, 1.82) is 0 Å². The molecule has 136 valence electrons. The molecule has 0 radical (unpaired) electrons. The van der Waals surface area contributed by atoms with E-state index >= 15 is 0 Å². The summed E-state index contributed by atoms with van der Waals surface area (Å²) in [5.41, 5.74) is 1.35. The van der Waals surface area contributed by atoms with Gasteiger partial charge in [-0.05, 0) is 25.5 Å². The lowest BCUT2D eigenvalue weighted by Gasteiger charge is -2.30. The number of carbonyl (C=O) groups excluding carboxylic acids is 2. The number of urea groups is 1. The van der Waals surface area contributed by atoms with Crippen LogP contribution in [0.1, 0.15) is 31.9 Å². The summed E-state index contributed by atoms with van der Waals surface area (Å²) in [7, 11) is 0. The average Bonchev–Trinajstić information content (AvgIpc) is 3.24. The number of hydrogen-bond donors (Lipinski definition) is 1. The number of rotatable bonds is 7. The van der Waals surface area contributed by atoms with E-state index in [1.54, 1.807) is 0 Å². The molecule has 6 nitrogen and oxygen atoms in total. The highest BCUT2D eigenvalue weighted by molar-refractivity contribution is 6.01. The highest BCUT2D eigenvalue weighted by Crippen LogP contribution is 2.26. The molecule has 2 atom stereocenters. The predicted molar refractivity (Wildman–Crippen MR) is 97.2 cm³/mol. The van der Waals surface area contributed by atoms with Crippen LogP contribution in [0.5, 0.6) is 0 Å². The lowest BCUT2D eigenvalue weighted by Crippen LogP contribution is -2.44. The van der Waals surface area contributed by atoms with Gasteiger partial charge in [-0.25, -0.2) is 4.79 Å². The fraction of sp³-hybridized carbons (Fsp3) is 0.579. The minimum atomic E-state index is -0.258. The van der Waals surface area contributed by atoms with Crippen LogP contribution >= 0.6 is 0 Å². The first-order chi connectivity index (χ1) is 12.1. The number of hydrogen-bond acceptors (Lipinski definition) is 4. The van der Waals surface area contributed by atoms with Crippen molar-refractivity contribution in [2.75, 3.05) is 39.3 Å². The number of imide groups is 1. The van der Waals surface area contributed by atoms with Gasteiger partial charge >= 0.3 is 6.03 Å². The Labute approximate surface area is 149 Å². The van der Waals surface area contributed by atoms with E-state index in [1.165, 1.54) is 10.5 Å². The zero-order valence-corrected chi connectivity index (χ0v) is 15.1. The molecular weight excluding hydrogens is 316 g/mol. The van der Waals surface area contributed by atoms with Crippen molar-refractivity contribution in [1.82, 2.24) is 20.0 Å². The molecule has 2 saturated heterocycles. The standard InChI is InChI=1S/C19H28N4O2/c1-3-21(11-12-23-18(24)13-20-19(23)25)17-9-10-22(14-17)15(2)16-7-5-4-6-8-16/h4-8,15,17H,3,9-14H2,1-2H3,(H,20,25). The van der Waals surface area contributed by atoms with Crippen molar-refractivity contribution >= 4 is 11.9 Å². The van der Waals surface area contributed by atoms with Gasteiger partial charge in [0.1, 0.15) is 0 Å². The van der Waals surface area contributed by atoms with Gasteiger partial charge in [-0.2, -0.15) is 0 Å². The highest BCUT2D eigenvalue weighted by atomic mass is 16.2. The maximum absolute atomic E-state index is 11.7. The SMILES string of the molecule is CCN(CCN1C(=O)CNC1=O)C1CCN(C(C)c2ccccc2)C1. The fourth-order valence-corrected chi connectivity index (χ4v) is 3.87. The third-order valence-electron chi connectivity index (χ3n) is 5.49. The smallest absolute Gasteiger partial charge is 0.324 e. The van der Waals surface area contributed by atoms with E-state index in [4.69, 9.17) is 0 Å². The van der Waals surface area contributed by atoms with Gasteiger partial charge in [0.25, 0.3) is 0 Å². The molecule has 0 aliphatic carbocycles. The summed E-state index contributed by atoms with van der Waals surface area (Å²) in [5.74, 6) is -0.119. The number of likely N-dealkylation sites (N-methyl/N-ethyl adjacent to an activating group) is 1. The van der Waals surface area contributed by atoms with Crippen molar-refractivity contribution in [3.05, 3.63) is 35.9 Å². The Morgan fingerprint density at radius 3 is 2.68 bits per heavy atom. The molecule has 1 N–H and O–H groups in total. The Bertz CT molecular complexity index is 591. The van der Waals surface area contributed by atoms with E-state index in [9.17, 15) is 9.59 Å². The zero-order valence-electron chi connectivity index (χ0n) is 15.1. The molecule has 0 aromatic heterocycles. The van der Waals surface area contributed by atoms with Crippen LogP contribution < -0.4 is 5.32 Å². The van der Waals surface area contributed by atoms with Crippen LogP contribution in [-0.2, 0) is 4.79 Å². The van der Waals surface area contributed by atoms with Crippen molar-refractivity contribution in [2.24, 2.45) is 0 Å². The number of likely N-dealkylation sites (tertiary alicyclic amines) is 1. The normalized spacial score (nSPS) is 22.7. The summed E-state index contributed by atoms with van der Waals surface area (Å²) in [4.78, 5) is 29.7. The van der Waals surface area contributed by atoms with E-state index in [0.717, 1.165) is 32.6 Å². The highest BCUT2D eigenvalue weighted by Gasteiger charge is 2.32. The van der Waals surface area contributed by atoms with Gasteiger partial charge in [-0.3, -0.25) is 19.5 Å². The Kier molecular flexibility index (Phi) is 5.71. The van der Waals surface area contributed by atoms with E-state index < -0.39 is 0 Å². The second-order valence-corrected chi connectivity index (χ2v) is 6.86. The second-order valence-electron chi connectivity index (χ2n) is 6.86. The van der Waals surface area contributed by atoms with Crippen LogP contribution in [0.4, 0.5) is 4.79 Å². The van der Waals surface area contributed by atoms with Gasteiger partial charge < -0.3 is 5.32 Å². The molecule has 2 aliphatic rings. The van der Waals surface area contributed by atoms with Crippen LogP contribution in [-0.4, -0.2) is 71.9 Å². The molecule has 2 aliphatic heterocycles. The summed E-state index contributed by atoms with van der Waals surface area (Å²) in [6.45, 7) is 8.82. The molecule has 25 heavy (non-hydrogen) atoms. The summed E-state index contributed by atoms with van der Waals surface area (Å²) in [6, 6.07) is 11.3. The quantitative estimate of drug-likeness (QED) is 0.765. The van der Waals surface area contributed by atoms with Crippen LogP contribution in [0.2, 0.25) is 0 Å². The van der Waals surface area contributed by atoms with E-state index in [-0.39, 0.29) is 18.5 Å². The molecule has 3 rings (SSSR count). The number of nitrogens with zero attached hydrogens (tertiary/aromatic N) is 3. The molecule has 0 bridgehead atoms. The summed E-state index contributed by atoms with van der Waals surface area (Å²) in [5, 5.41) is 2.58. The second kappa shape index (κ2) is 7.97. The molecule has 3 amide bonds. The van der Waals surface area contributed by atoms with E-state index in [0.29, 0.717) is 18.6 Å². The largest absolute Gasteiger partial charge is 0.329 e. The first-order valence-corrected chi connectivity index (χ1v) is 9.21. The number of benzene rings is 1. The van der Waals surface area contributed by atoms with Gasteiger partial charge in [0.2, 0.25) is 5.91 Å². The molecule has 6 heteroatoms. The van der Waals surface area contributed by atoms with Crippen molar-refractivity contribution in [3.8, 4) is 0 Å². The third kappa shape index (κ3) is 4.02. The molecule has 0 spiro atoms. The van der Waals surface area contributed by atoms with Crippen molar-refractivity contribution in [2.45, 2.75) is 32.4 Å². The first kappa shape index (κ1) is 17.9. The Balaban J connectivity index is 1.54. The van der Waals surface area contributed by atoms with Gasteiger partial charge in [0.15, 0.2) is 0 Å². The predicted octanol–water partition coefficient (Wildman–Crippen LogP) is 1.70. The molecular formula is C19H28N4O2.